The minimum Gasteiger partial charge on any atom is -0.481 e. The maximum Gasteiger partial charge on any atom is 0.326 e. The Labute approximate surface area is 184 Å². The van der Waals surface area contributed by atoms with Gasteiger partial charge in [0.15, 0.2) is 0 Å². The summed E-state index contributed by atoms with van der Waals surface area (Å²) in [6, 6.07) is -3.70. The van der Waals surface area contributed by atoms with E-state index in [2.05, 4.69) is 16.0 Å². The average Bonchev–Trinajstić information content (AvgIpc) is 2.71. The van der Waals surface area contributed by atoms with Gasteiger partial charge in [0.05, 0.1) is 12.6 Å². The molecule has 0 aromatic carbocycles. The summed E-state index contributed by atoms with van der Waals surface area (Å²) in [4.78, 5) is 69.5. The molecule has 11 N–H and O–H groups in total. The van der Waals surface area contributed by atoms with E-state index in [1.807, 2.05) is 0 Å². The predicted octanol–water partition coefficient (Wildman–Crippen LogP) is -3.26. The normalized spacial score (nSPS) is 13.3. The van der Waals surface area contributed by atoms with Crippen LogP contribution in [-0.4, -0.2) is 77.0 Å². The minimum atomic E-state index is -1.47. The van der Waals surface area contributed by atoms with Crippen LogP contribution in [0.3, 0.4) is 0 Å². The third kappa shape index (κ3) is 13.1. The van der Waals surface area contributed by atoms with Crippen LogP contribution in [0.15, 0.2) is 0 Å². The summed E-state index contributed by atoms with van der Waals surface area (Å²) >= 11 is 0. The number of hydrogen-bond acceptors (Lipinski definition) is 8. The lowest BCUT2D eigenvalue weighted by molar-refractivity contribution is -0.143. The summed E-state index contributed by atoms with van der Waals surface area (Å²) in [7, 11) is 0. The van der Waals surface area contributed by atoms with Crippen LogP contribution >= 0.6 is 0 Å². The topological polar surface area (TPSA) is 257 Å². The monoisotopic (exact) mass is 460 g/mol. The number of carbonyl (C=O) groups is 6. The molecule has 0 rings (SSSR count). The number of unbranched alkanes of at least 4 members (excludes halogenated alkanes) is 1. The molecule has 3 unspecified atom stereocenters. The van der Waals surface area contributed by atoms with Crippen LogP contribution in [0.25, 0.3) is 0 Å². The number of carboxylic acid groups (broad SMARTS) is 2. The fraction of sp³-hybridized carbons (Fsp3) is 0.667. The Morgan fingerprint density at radius 2 is 1.44 bits per heavy atom. The number of nitrogens with one attached hydrogen (secondary N) is 3. The molecule has 32 heavy (non-hydrogen) atoms. The van der Waals surface area contributed by atoms with E-state index < -0.39 is 66.7 Å². The Kier molecular flexibility index (Phi) is 13.9. The van der Waals surface area contributed by atoms with Gasteiger partial charge in [-0.15, -0.1) is 0 Å². The van der Waals surface area contributed by atoms with Crippen molar-refractivity contribution in [2.24, 2.45) is 17.2 Å². The standard InChI is InChI=1S/C18H32N6O8/c19-8-2-1-3-10(20)16(29)22-9-14(26)23-11(5-7-15(27)28)17(30)24-12(18(31)32)4-6-13(21)25/h10-12H,1-9,19-20H2,(H2,21,25)(H,22,29)(H,23,26)(H,24,30)(H,27,28)(H,31,32). The van der Waals surface area contributed by atoms with Crippen LogP contribution in [0.4, 0.5) is 0 Å². The molecule has 182 valence electrons. The summed E-state index contributed by atoms with van der Waals surface area (Å²) in [5.74, 6) is -5.78. The van der Waals surface area contributed by atoms with Crippen molar-refractivity contribution >= 4 is 35.6 Å². The summed E-state index contributed by atoms with van der Waals surface area (Å²) in [6.45, 7) is -0.0634. The van der Waals surface area contributed by atoms with Crippen molar-refractivity contribution in [3.63, 3.8) is 0 Å². The van der Waals surface area contributed by atoms with E-state index in [0.717, 1.165) is 0 Å². The molecule has 0 saturated carbocycles. The summed E-state index contributed by atoms with van der Waals surface area (Å²) in [5.41, 5.74) is 16.0. The molecular formula is C18H32N6O8. The molecule has 14 nitrogen and oxygen atoms in total. The second-order valence-corrected chi connectivity index (χ2v) is 7.07. The Bertz CT molecular complexity index is 686. The highest BCUT2D eigenvalue weighted by Crippen LogP contribution is 2.03. The maximum absolute atomic E-state index is 12.4. The summed E-state index contributed by atoms with van der Waals surface area (Å²) in [5, 5.41) is 24.7. The van der Waals surface area contributed by atoms with E-state index in [-0.39, 0.29) is 19.3 Å². The molecule has 0 aromatic rings. The molecule has 3 atom stereocenters. The molecule has 0 spiro atoms. The van der Waals surface area contributed by atoms with Crippen molar-refractivity contribution in [2.45, 2.75) is 63.1 Å². The predicted molar refractivity (Wildman–Crippen MR) is 111 cm³/mol. The van der Waals surface area contributed by atoms with Crippen molar-refractivity contribution < 1.29 is 39.0 Å². The first kappa shape index (κ1) is 28.7. The van der Waals surface area contributed by atoms with Crippen molar-refractivity contribution in [1.82, 2.24) is 16.0 Å². The smallest absolute Gasteiger partial charge is 0.326 e. The molecule has 0 aliphatic carbocycles. The molecule has 14 heteroatoms. The van der Waals surface area contributed by atoms with Gasteiger partial charge < -0.3 is 43.4 Å². The SMILES string of the molecule is NCCCCC(N)C(=O)NCC(=O)NC(CCC(=O)O)C(=O)NC(CCC(N)=O)C(=O)O. The third-order valence-corrected chi connectivity index (χ3v) is 4.32. The molecule has 0 radical (unpaired) electrons. The lowest BCUT2D eigenvalue weighted by Crippen LogP contribution is -2.54. The molecule has 4 amide bonds. The van der Waals surface area contributed by atoms with Crippen molar-refractivity contribution in [3.05, 3.63) is 0 Å². The first-order valence-corrected chi connectivity index (χ1v) is 10.0. The van der Waals surface area contributed by atoms with Gasteiger partial charge in [0.25, 0.3) is 0 Å². The van der Waals surface area contributed by atoms with Gasteiger partial charge in [-0.05, 0) is 32.2 Å². The van der Waals surface area contributed by atoms with Gasteiger partial charge in [-0.3, -0.25) is 24.0 Å². The number of carboxylic acids is 2. The van der Waals surface area contributed by atoms with E-state index in [0.29, 0.717) is 25.8 Å². The van der Waals surface area contributed by atoms with Gasteiger partial charge in [-0.25, -0.2) is 4.79 Å². The molecule has 0 fully saturated rings. The van der Waals surface area contributed by atoms with E-state index in [9.17, 15) is 33.9 Å². The Balaban J connectivity index is 4.91. The van der Waals surface area contributed by atoms with Gasteiger partial charge in [0.1, 0.15) is 12.1 Å². The van der Waals surface area contributed by atoms with Crippen LogP contribution in [0, 0.1) is 0 Å². The van der Waals surface area contributed by atoms with Crippen LogP contribution in [0.1, 0.15) is 44.9 Å². The zero-order chi connectivity index (χ0) is 24.7. The van der Waals surface area contributed by atoms with Gasteiger partial charge in [0, 0.05) is 12.8 Å². The lowest BCUT2D eigenvalue weighted by Gasteiger charge is -2.21. The van der Waals surface area contributed by atoms with Gasteiger partial charge in [-0.2, -0.15) is 0 Å². The molecule has 0 aromatic heterocycles. The Morgan fingerprint density at radius 3 is 1.97 bits per heavy atom. The first-order chi connectivity index (χ1) is 15.0. The third-order valence-electron chi connectivity index (χ3n) is 4.32. The van der Waals surface area contributed by atoms with Crippen molar-refractivity contribution in [1.29, 1.82) is 0 Å². The van der Waals surface area contributed by atoms with Gasteiger partial charge >= 0.3 is 11.9 Å². The molecule has 0 aliphatic rings. The second-order valence-electron chi connectivity index (χ2n) is 7.07. The largest absolute Gasteiger partial charge is 0.481 e. The highest BCUT2D eigenvalue weighted by atomic mass is 16.4. The van der Waals surface area contributed by atoms with E-state index in [1.165, 1.54) is 0 Å². The number of aliphatic carboxylic acids is 2. The molecule has 0 aliphatic heterocycles. The van der Waals surface area contributed by atoms with Crippen LogP contribution in [0.2, 0.25) is 0 Å². The number of primary amides is 1. The van der Waals surface area contributed by atoms with Gasteiger partial charge in [0.2, 0.25) is 23.6 Å². The van der Waals surface area contributed by atoms with Crippen LogP contribution < -0.4 is 33.2 Å². The number of carbonyl (C=O) groups excluding carboxylic acids is 4. The van der Waals surface area contributed by atoms with Crippen molar-refractivity contribution in [3.8, 4) is 0 Å². The Morgan fingerprint density at radius 1 is 0.812 bits per heavy atom. The van der Waals surface area contributed by atoms with Crippen LogP contribution in [-0.2, 0) is 28.8 Å². The zero-order valence-electron chi connectivity index (χ0n) is 17.7. The molecule has 0 saturated heterocycles. The van der Waals surface area contributed by atoms with Crippen molar-refractivity contribution in [2.75, 3.05) is 13.1 Å². The van der Waals surface area contributed by atoms with E-state index >= 15 is 0 Å². The summed E-state index contributed by atoms with van der Waals surface area (Å²) in [6.07, 6.45) is 0.288. The van der Waals surface area contributed by atoms with E-state index in [4.69, 9.17) is 22.3 Å². The summed E-state index contributed by atoms with van der Waals surface area (Å²) < 4.78 is 0. The number of hydrogen-bond donors (Lipinski definition) is 8. The van der Waals surface area contributed by atoms with Gasteiger partial charge in [-0.1, -0.05) is 6.42 Å². The molecular weight excluding hydrogens is 428 g/mol. The quantitative estimate of drug-likeness (QED) is 0.100. The average molecular weight is 460 g/mol. The zero-order valence-corrected chi connectivity index (χ0v) is 17.7. The lowest BCUT2D eigenvalue weighted by atomic mass is 10.1. The fourth-order valence-corrected chi connectivity index (χ4v) is 2.54. The highest BCUT2D eigenvalue weighted by Gasteiger charge is 2.27. The minimum absolute atomic E-state index is 0.284. The van der Waals surface area contributed by atoms with E-state index in [1.54, 1.807) is 0 Å². The second kappa shape index (κ2) is 15.5. The number of nitrogens with two attached hydrogens (primary N) is 3. The first-order valence-electron chi connectivity index (χ1n) is 10.0. The molecule has 0 heterocycles. The molecule has 0 bridgehead atoms. The Hall–Kier alpha value is -3.26. The fourth-order valence-electron chi connectivity index (χ4n) is 2.54. The number of rotatable bonds is 17. The van der Waals surface area contributed by atoms with Crippen LogP contribution in [0.5, 0.6) is 0 Å². The number of amides is 4. The maximum atomic E-state index is 12.4. The highest BCUT2D eigenvalue weighted by molar-refractivity contribution is 5.92.